The number of nitrogens with one attached hydrogen (secondary N) is 1. The molecule has 2 heterocycles. The molecule has 0 aliphatic rings. The summed E-state index contributed by atoms with van der Waals surface area (Å²) in [5.41, 5.74) is 3.52. The molecule has 1 unspecified atom stereocenters. The van der Waals surface area contributed by atoms with E-state index in [2.05, 4.69) is 41.3 Å². The summed E-state index contributed by atoms with van der Waals surface area (Å²) < 4.78 is 0. The minimum Gasteiger partial charge on any atom is -0.310 e. The molecule has 0 spiro atoms. The van der Waals surface area contributed by atoms with Crippen LogP contribution in [0.5, 0.6) is 0 Å². The fraction of sp³-hybridized carbons (Fsp3) is 0.333. The summed E-state index contributed by atoms with van der Waals surface area (Å²) in [4.78, 5) is 8.66. The lowest BCUT2D eigenvalue weighted by Crippen LogP contribution is -2.23. The molecule has 18 heavy (non-hydrogen) atoms. The third kappa shape index (κ3) is 3.37. The van der Waals surface area contributed by atoms with Crippen molar-refractivity contribution in [2.75, 3.05) is 6.54 Å². The van der Waals surface area contributed by atoms with Crippen molar-refractivity contribution >= 4 is 0 Å². The van der Waals surface area contributed by atoms with Crippen LogP contribution in [0.15, 0.2) is 42.9 Å². The van der Waals surface area contributed by atoms with Gasteiger partial charge in [-0.05, 0) is 36.7 Å². The van der Waals surface area contributed by atoms with E-state index in [4.69, 9.17) is 0 Å². The minimum absolute atomic E-state index is 0.275. The lowest BCUT2D eigenvalue weighted by Gasteiger charge is -2.18. The molecule has 1 atom stereocenters. The molecule has 3 nitrogen and oxygen atoms in total. The van der Waals surface area contributed by atoms with E-state index in [-0.39, 0.29) is 6.04 Å². The second-order valence-corrected chi connectivity index (χ2v) is 4.43. The molecule has 0 amide bonds. The standard InChI is InChI=1S/C15H19N3/c1-3-17-15(9-14-6-4-5-7-18-14)13-8-12(2)10-16-11-13/h4-8,10-11,15,17H,3,9H2,1-2H3. The first-order valence-corrected chi connectivity index (χ1v) is 6.34. The Balaban J connectivity index is 2.18. The lowest BCUT2D eigenvalue weighted by molar-refractivity contribution is 0.542. The number of aromatic nitrogens is 2. The number of aryl methyl sites for hydroxylation is 1. The van der Waals surface area contributed by atoms with Gasteiger partial charge in [-0.25, -0.2) is 0 Å². The van der Waals surface area contributed by atoms with Gasteiger partial charge < -0.3 is 5.32 Å². The fourth-order valence-electron chi connectivity index (χ4n) is 2.05. The highest BCUT2D eigenvalue weighted by molar-refractivity contribution is 5.22. The van der Waals surface area contributed by atoms with E-state index in [1.807, 2.05) is 30.7 Å². The average molecular weight is 241 g/mol. The summed E-state index contributed by atoms with van der Waals surface area (Å²) in [6, 6.07) is 8.49. The highest BCUT2D eigenvalue weighted by atomic mass is 14.9. The van der Waals surface area contributed by atoms with Crippen LogP contribution in [0.4, 0.5) is 0 Å². The van der Waals surface area contributed by atoms with Crippen LogP contribution in [0, 0.1) is 6.92 Å². The van der Waals surface area contributed by atoms with Crippen LogP contribution in [0.1, 0.15) is 29.8 Å². The summed E-state index contributed by atoms with van der Waals surface area (Å²) in [7, 11) is 0. The Morgan fingerprint density at radius 3 is 2.83 bits per heavy atom. The second kappa shape index (κ2) is 6.26. The summed E-state index contributed by atoms with van der Waals surface area (Å²) in [6.07, 6.45) is 6.54. The van der Waals surface area contributed by atoms with Crippen molar-refractivity contribution < 1.29 is 0 Å². The van der Waals surface area contributed by atoms with Crippen LogP contribution in [0.2, 0.25) is 0 Å². The molecule has 0 aromatic carbocycles. The fourth-order valence-corrected chi connectivity index (χ4v) is 2.05. The van der Waals surface area contributed by atoms with Crippen molar-refractivity contribution in [1.29, 1.82) is 0 Å². The maximum Gasteiger partial charge on any atom is 0.0422 e. The summed E-state index contributed by atoms with van der Waals surface area (Å²) in [5.74, 6) is 0. The SMILES string of the molecule is CCNC(Cc1ccccn1)c1cncc(C)c1. The predicted molar refractivity (Wildman–Crippen MR) is 73.3 cm³/mol. The Labute approximate surface area is 108 Å². The van der Waals surface area contributed by atoms with Gasteiger partial charge in [0.15, 0.2) is 0 Å². The molecule has 0 bridgehead atoms. The van der Waals surface area contributed by atoms with Gasteiger partial charge in [0, 0.05) is 36.7 Å². The lowest BCUT2D eigenvalue weighted by atomic mass is 10.0. The van der Waals surface area contributed by atoms with Crippen molar-refractivity contribution in [2.24, 2.45) is 0 Å². The first kappa shape index (κ1) is 12.7. The molecule has 0 fully saturated rings. The van der Waals surface area contributed by atoms with E-state index in [9.17, 15) is 0 Å². The van der Waals surface area contributed by atoms with Gasteiger partial charge in [-0.3, -0.25) is 9.97 Å². The van der Waals surface area contributed by atoms with Crippen molar-refractivity contribution in [3.05, 3.63) is 59.7 Å². The largest absolute Gasteiger partial charge is 0.310 e. The summed E-state index contributed by atoms with van der Waals surface area (Å²) in [6.45, 7) is 5.13. The van der Waals surface area contributed by atoms with Crippen molar-refractivity contribution in [2.45, 2.75) is 26.3 Å². The van der Waals surface area contributed by atoms with E-state index in [0.717, 1.165) is 18.7 Å². The molecule has 0 saturated heterocycles. The number of rotatable bonds is 5. The number of hydrogen-bond acceptors (Lipinski definition) is 3. The first-order valence-electron chi connectivity index (χ1n) is 6.34. The molecule has 0 saturated carbocycles. The minimum atomic E-state index is 0.275. The summed E-state index contributed by atoms with van der Waals surface area (Å²) >= 11 is 0. The molecule has 3 heteroatoms. The maximum absolute atomic E-state index is 4.39. The Kier molecular flexibility index (Phi) is 4.42. The molecule has 94 valence electrons. The number of pyridine rings is 2. The second-order valence-electron chi connectivity index (χ2n) is 4.43. The highest BCUT2D eigenvalue weighted by Gasteiger charge is 2.12. The molecule has 2 aromatic heterocycles. The van der Waals surface area contributed by atoms with Crippen molar-refractivity contribution in [3.63, 3.8) is 0 Å². The number of hydrogen-bond donors (Lipinski definition) is 1. The molecule has 0 aliphatic carbocycles. The van der Waals surface area contributed by atoms with Gasteiger partial charge in [-0.2, -0.15) is 0 Å². The van der Waals surface area contributed by atoms with Gasteiger partial charge in [0.05, 0.1) is 0 Å². The Morgan fingerprint density at radius 1 is 1.28 bits per heavy atom. The van der Waals surface area contributed by atoms with Gasteiger partial charge in [-0.1, -0.05) is 19.1 Å². The average Bonchev–Trinajstić information content (AvgIpc) is 2.39. The van der Waals surface area contributed by atoms with Gasteiger partial charge >= 0.3 is 0 Å². The maximum atomic E-state index is 4.39. The molecule has 0 radical (unpaired) electrons. The molecular formula is C15H19N3. The molecule has 2 rings (SSSR count). The topological polar surface area (TPSA) is 37.8 Å². The van der Waals surface area contributed by atoms with Crippen LogP contribution < -0.4 is 5.32 Å². The zero-order chi connectivity index (χ0) is 12.8. The van der Waals surface area contributed by atoms with E-state index in [1.165, 1.54) is 11.1 Å². The quantitative estimate of drug-likeness (QED) is 0.874. The van der Waals surface area contributed by atoms with Gasteiger partial charge in [0.25, 0.3) is 0 Å². The van der Waals surface area contributed by atoms with E-state index in [1.54, 1.807) is 0 Å². The van der Waals surface area contributed by atoms with Crippen LogP contribution >= 0.6 is 0 Å². The smallest absolute Gasteiger partial charge is 0.0422 e. The zero-order valence-electron chi connectivity index (χ0n) is 10.9. The van der Waals surface area contributed by atoms with Gasteiger partial charge in [0.1, 0.15) is 0 Å². The Morgan fingerprint density at radius 2 is 2.17 bits per heavy atom. The highest BCUT2D eigenvalue weighted by Crippen LogP contribution is 2.17. The molecule has 1 N–H and O–H groups in total. The Bertz CT molecular complexity index is 482. The van der Waals surface area contributed by atoms with Crippen LogP contribution in [0.25, 0.3) is 0 Å². The van der Waals surface area contributed by atoms with Crippen LogP contribution in [0.3, 0.4) is 0 Å². The zero-order valence-corrected chi connectivity index (χ0v) is 10.9. The van der Waals surface area contributed by atoms with Gasteiger partial charge in [-0.15, -0.1) is 0 Å². The van der Waals surface area contributed by atoms with Crippen molar-refractivity contribution in [1.82, 2.24) is 15.3 Å². The van der Waals surface area contributed by atoms with Gasteiger partial charge in [0.2, 0.25) is 0 Å². The van der Waals surface area contributed by atoms with E-state index >= 15 is 0 Å². The molecule has 2 aromatic rings. The Hall–Kier alpha value is -1.74. The van der Waals surface area contributed by atoms with Crippen LogP contribution in [-0.4, -0.2) is 16.5 Å². The van der Waals surface area contributed by atoms with E-state index < -0.39 is 0 Å². The third-order valence-corrected chi connectivity index (χ3v) is 2.89. The van der Waals surface area contributed by atoms with Crippen LogP contribution in [-0.2, 0) is 6.42 Å². The first-order chi connectivity index (χ1) is 8.79. The third-order valence-electron chi connectivity index (χ3n) is 2.89. The van der Waals surface area contributed by atoms with E-state index in [0.29, 0.717) is 0 Å². The summed E-state index contributed by atoms with van der Waals surface area (Å²) in [5, 5.41) is 3.49. The monoisotopic (exact) mass is 241 g/mol. The number of likely N-dealkylation sites (N-methyl/N-ethyl adjacent to an activating group) is 1. The normalized spacial score (nSPS) is 12.3. The molecule has 0 aliphatic heterocycles. The number of nitrogens with zero attached hydrogens (tertiary/aromatic N) is 2. The van der Waals surface area contributed by atoms with Crippen molar-refractivity contribution in [3.8, 4) is 0 Å². The molecular weight excluding hydrogens is 222 g/mol. The predicted octanol–water partition coefficient (Wildman–Crippen LogP) is 2.68.